The molecule has 1 fully saturated rings. The molecule has 1 aromatic heterocycles. The van der Waals surface area contributed by atoms with Crippen molar-refractivity contribution in [1.29, 1.82) is 0 Å². The van der Waals surface area contributed by atoms with E-state index in [-0.39, 0.29) is 11.4 Å². The van der Waals surface area contributed by atoms with Crippen LogP contribution in [0.15, 0.2) is 48.5 Å². The van der Waals surface area contributed by atoms with E-state index in [0.29, 0.717) is 5.56 Å². The van der Waals surface area contributed by atoms with Crippen LogP contribution >= 0.6 is 0 Å². The summed E-state index contributed by atoms with van der Waals surface area (Å²) in [6.45, 7) is 0.924. The molecule has 0 aliphatic heterocycles. The first-order chi connectivity index (χ1) is 14.0. The Morgan fingerprint density at radius 2 is 1.76 bits per heavy atom. The van der Waals surface area contributed by atoms with Crippen LogP contribution in [0.2, 0.25) is 0 Å². The van der Waals surface area contributed by atoms with Gasteiger partial charge in [0.25, 0.3) is 5.91 Å². The number of aromatic nitrogens is 2. The molecule has 0 unspecified atom stereocenters. The van der Waals surface area contributed by atoms with Gasteiger partial charge in [0.15, 0.2) is 0 Å². The summed E-state index contributed by atoms with van der Waals surface area (Å²) in [5, 5.41) is 2.68. The molecule has 1 aliphatic carbocycles. The zero-order valence-corrected chi connectivity index (χ0v) is 17.6. The predicted molar refractivity (Wildman–Crippen MR) is 118 cm³/mol. The zero-order chi connectivity index (χ0) is 20.4. The fourth-order valence-electron chi connectivity index (χ4n) is 4.62. The second-order valence-electron chi connectivity index (χ2n) is 8.35. The van der Waals surface area contributed by atoms with Gasteiger partial charge in [0.05, 0.1) is 11.0 Å². The molecule has 1 amide bonds. The largest absolute Gasteiger partial charge is 0.355 e. The number of likely N-dealkylation sites (N-methyl/N-ethyl adjacent to an activating group) is 1. The third-order valence-corrected chi connectivity index (χ3v) is 6.47. The Bertz CT molecular complexity index is 997. The molecular weight excluding hydrogens is 360 g/mol. The van der Waals surface area contributed by atoms with Gasteiger partial charge in [-0.15, -0.1) is 0 Å². The molecule has 5 nitrogen and oxygen atoms in total. The number of imidazole rings is 1. The summed E-state index contributed by atoms with van der Waals surface area (Å²) in [7, 11) is 6.07. The number of nitrogens with zero attached hydrogens (tertiary/aromatic N) is 3. The molecule has 1 saturated carbocycles. The van der Waals surface area contributed by atoms with Crippen molar-refractivity contribution in [1.82, 2.24) is 19.8 Å². The van der Waals surface area contributed by atoms with Gasteiger partial charge in [0.2, 0.25) is 0 Å². The summed E-state index contributed by atoms with van der Waals surface area (Å²) in [5.74, 6) is 0.903. The lowest BCUT2D eigenvalue weighted by Crippen LogP contribution is -2.49. The quantitative estimate of drug-likeness (QED) is 0.706. The summed E-state index contributed by atoms with van der Waals surface area (Å²) in [6.07, 6.45) is 6.30. The number of hydrogen-bond acceptors (Lipinski definition) is 3. The number of amides is 1. The lowest BCUT2D eigenvalue weighted by Gasteiger charge is -2.43. The van der Waals surface area contributed by atoms with Gasteiger partial charge < -0.3 is 14.8 Å². The minimum Gasteiger partial charge on any atom is -0.355 e. The van der Waals surface area contributed by atoms with Crippen LogP contribution < -0.4 is 5.32 Å². The minimum absolute atomic E-state index is 0.0705. The lowest BCUT2D eigenvalue weighted by atomic mass is 9.80. The second-order valence-corrected chi connectivity index (χ2v) is 8.35. The molecule has 3 aromatic rings. The third kappa shape index (κ3) is 3.67. The molecule has 0 saturated heterocycles. The number of fused-ring (bicyclic) bond motifs is 1. The van der Waals surface area contributed by atoms with Crippen LogP contribution in [0.25, 0.3) is 22.4 Å². The van der Waals surface area contributed by atoms with E-state index in [2.05, 4.69) is 47.1 Å². The van der Waals surface area contributed by atoms with E-state index < -0.39 is 0 Å². The van der Waals surface area contributed by atoms with E-state index in [1.807, 2.05) is 30.3 Å². The number of para-hydroxylation sites is 2. The number of carbonyl (C=O) groups is 1. The summed E-state index contributed by atoms with van der Waals surface area (Å²) in [5.41, 5.74) is 4.04. The van der Waals surface area contributed by atoms with E-state index >= 15 is 0 Å². The van der Waals surface area contributed by atoms with Crippen LogP contribution in [0.4, 0.5) is 0 Å². The van der Waals surface area contributed by atoms with Crippen LogP contribution in [0.1, 0.15) is 42.5 Å². The average molecular weight is 391 g/mol. The number of nitrogens with one attached hydrogen (secondary N) is 1. The SMILES string of the molecule is CNC(=O)c1ccc(-c2nc3ccccc3n2CC2(N(C)C)CCCCC2)cc1. The first-order valence-corrected chi connectivity index (χ1v) is 10.5. The predicted octanol–water partition coefficient (Wildman–Crippen LogP) is 4.33. The Morgan fingerprint density at radius 3 is 2.41 bits per heavy atom. The van der Waals surface area contributed by atoms with Crippen molar-refractivity contribution in [2.45, 2.75) is 44.2 Å². The minimum atomic E-state index is -0.0705. The Morgan fingerprint density at radius 1 is 1.07 bits per heavy atom. The first kappa shape index (κ1) is 19.6. The third-order valence-electron chi connectivity index (χ3n) is 6.47. The number of rotatable bonds is 5. The van der Waals surface area contributed by atoms with Crippen molar-refractivity contribution >= 4 is 16.9 Å². The van der Waals surface area contributed by atoms with Crippen LogP contribution in [0.3, 0.4) is 0 Å². The van der Waals surface area contributed by atoms with E-state index in [1.165, 1.54) is 37.6 Å². The number of carbonyl (C=O) groups excluding carboxylic acids is 1. The molecule has 1 aliphatic rings. The van der Waals surface area contributed by atoms with Crippen LogP contribution in [-0.4, -0.2) is 47.0 Å². The van der Waals surface area contributed by atoms with Crippen molar-refractivity contribution in [3.05, 3.63) is 54.1 Å². The summed E-state index contributed by atoms with van der Waals surface area (Å²) in [6, 6.07) is 16.1. The topological polar surface area (TPSA) is 50.2 Å². The van der Waals surface area contributed by atoms with E-state index in [0.717, 1.165) is 23.4 Å². The molecule has 4 rings (SSSR count). The van der Waals surface area contributed by atoms with Crippen LogP contribution in [0, 0.1) is 0 Å². The molecule has 1 heterocycles. The fourth-order valence-corrected chi connectivity index (χ4v) is 4.62. The molecule has 0 spiro atoms. The van der Waals surface area contributed by atoms with Gasteiger partial charge in [-0.25, -0.2) is 4.98 Å². The maximum absolute atomic E-state index is 11.9. The van der Waals surface area contributed by atoms with Gasteiger partial charge in [0.1, 0.15) is 5.82 Å². The van der Waals surface area contributed by atoms with Gasteiger partial charge in [0, 0.05) is 30.3 Å². The van der Waals surface area contributed by atoms with Crippen molar-refractivity contribution in [2.24, 2.45) is 0 Å². The van der Waals surface area contributed by atoms with Gasteiger partial charge >= 0.3 is 0 Å². The maximum Gasteiger partial charge on any atom is 0.251 e. The first-order valence-electron chi connectivity index (χ1n) is 10.5. The van der Waals surface area contributed by atoms with Crippen molar-refractivity contribution in [3.63, 3.8) is 0 Å². The molecule has 5 heteroatoms. The Kier molecular flexibility index (Phi) is 5.41. The summed E-state index contributed by atoms with van der Waals surface area (Å²) in [4.78, 5) is 19.3. The highest BCUT2D eigenvalue weighted by Crippen LogP contribution is 2.36. The van der Waals surface area contributed by atoms with Gasteiger partial charge in [-0.05, 0) is 51.2 Å². The monoisotopic (exact) mass is 390 g/mol. The van der Waals surface area contributed by atoms with Gasteiger partial charge in [-0.1, -0.05) is 43.5 Å². The fraction of sp³-hybridized carbons (Fsp3) is 0.417. The van der Waals surface area contributed by atoms with Crippen LogP contribution in [0.5, 0.6) is 0 Å². The summed E-state index contributed by atoms with van der Waals surface area (Å²) >= 11 is 0. The van der Waals surface area contributed by atoms with E-state index in [4.69, 9.17) is 4.98 Å². The molecule has 0 radical (unpaired) electrons. The number of hydrogen-bond donors (Lipinski definition) is 1. The highest BCUT2D eigenvalue weighted by molar-refractivity contribution is 5.94. The van der Waals surface area contributed by atoms with Gasteiger partial charge in [-0.2, -0.15) is 0 Å². The summed E-state index contributed by atoms with van der Waals surface area (Å²) < 4.78 is 2.38. The standard InChI is InChI=1S/C24H30N4O/c1-25-23(29)19-13-11-18(12-14-19)22-26-20-9-5-6-10-21(20)28(22)17-24(27(2)3)15-7-4-8-16-24/h5-6,9-14H,4,7-8,15-17H2,1-3H3,(H,25,29). The molecule has 152 valence electrons. The average Bonchev–Trinajstić information content (AvgIpc) is 3.12. The Hall–Kier alpha value is -2.66. The van der Waals surface area contributed by atoms with Crippen molar-refractivity contribution < 1.29 is 4.79 Å². The molecule has 29 heavy (non-hydrogen) atoms. The normalized spacial score (nSPS) is 16.3. The lowest BCUT2D eigenvalue weighted by molar-refractivity contribution is 0.0825. The highest BCUT2D eigenvalue weighted by Gasteiger charge is 2.35. The zero-order valence-electron chi connectivity index (χ0n) is 17.6. The van der Waals surface area contributed by atoms with Gasteiger partial charge in [-0.3, -0.25) is 4.79 Å². The molecule has 0 atom stereocenters. The van der Waals surface area contributed by atoms with E-state index in [9.17, 15) is 4.79 Å². The van der Waals surface area contributed by atoms with Crippen molar-refractivity contribution in [2.75, 3.05) is 21.1 Å². The van der Waals surface area contributed by atoms with Crippen molar-refractivity contribution in [3.8, 4) is 11.4 Å². The maximum atomic E-state index is 11.9. The molecular formula is C24H30N4O. The molecule has 2 aromatic carbocycles. The number of benzene rings is 2. The molecule has 0 bridgehead atoms. The second kappa shape index (κ2) is 7.99. The van der Waals surface area contributed by atoms with E-state index in [1.54, 1.807) is 7.05 Å². The Labute approximate surface area is 172 Å². The highest BCUT2D eigenvalue weighted by atomic mass is 16.1. The Balaban J connectivity index is 1.80. The molecule has 1 N–H and O–H groups in total. The van der Waals surface area contributed by atoms with Crippen LogP contribution in [-0.2, 0) is 6.54 Å². The smallest absolute Gasteiger partial charge is 0.251 e.